The van der Waals surface area contributed by atoms with Crippen molar-refractivity contribution in [2.45, 2.75) is 31.8 Å². The maximum absolute atomic E-state index is 5.60. The van der Waals surface area contributed by atoms with Gasteiger partial charge in [0.25, 0.3) is 0 Å². The standard InChI is InChI=1S/C18H24N2O/c1-15(17-10-6-13-21-17)20-12-7-11-19-18(2,14-20)16-8-4-3-5-9-16/h3-6,8-10,13,15,19H,7,11-12,14H2,1-2H3. The zero-order valence-electron chi connectivity index (χ0n) is 12.9. The minimum absolute atomic E-state index is 0.0153. The van der Waals surface area contributed by atoms with Crippen molar-refractivity contribution in [2.24, 2.45) is 0 Å². The predicted molar refractivity (Wildman–Crippen MR) is 85.1 cm³/mol. The third-order valence-corrected chi connectivity index (χ3v) is 4.57. The number of rotatable bonds is 3. The molecule has 1 aromatic carbocycles. The Hall–Kier alpha value is -1.58. The summed E-state index contributed by atoms with van der Waals surface area (Å²) in [4.78, 5) is 2.52. The molecule has 0 saturated carbocycles. The van der Waals surface area contributed by atoms with Gasteiger partial charge in [0.15, 0.2) is 0 Å². The highest BCUT2D eigenvalue weighted by atomic mass is 16.3. The molecule has 1 aromatic heterocycles. The molecule has 3 heteroatoms. The Kier molecular flexibility index (Phi) is 4.13. The number of furan rings is 1. The van der Waals surface area contributed by atoms with E-state index in [4.69, 9.17) is 4.42 Å². The van der Waals surface area contributed by atoms with Crippen LogP contribution in [0.25, 0.3) is 0 Å². The second kappa shape index (κ2) is 6.04. The molecule has 1 aliphatic rings. The van der Waals surface area contributed by atoms with Crippen LogP contribution in [0.4, 0.5) is 0 Å². The van der Waals surface area contributed by atoms with Crippen LogP contribution >= 0.6 is 0 Å². The summed E-state index contributed by atoms with van der Waals surface area (Å²) in [5.41, 5.74) is 1.34. The lowest BCUT2D eigenvalue weighted by molar-refractivity contribution is 0.156. The van der Waals surface area contributed by atoms with Crippen molar-refractivity contribution in [1.29, 1.82) is 0 Å². The van der Waals surface area contributed by atoms with E-state index in [9.17, 15) is 0 Å². The zero-order valence-corrected chi connectivity index (χ0v) is 12.9. The zero-order chi connectivity index (χ0) is 14.7. The van der Waals surface area contributed by atoms with Crippen LogP contribution in [0.5, 0.6) is 0 Å². The van der Waals surface area contributed by atoms with Gasteiger partial charge < -0.3 is 9.73 Å². The molecule has 2 unspecified atom stereocenters. The molecular weight excluding hydrogens is 260 g/mol. The van der Waals surface area contributed by atoms with Gasteiger partial charge in [0.2, 0.25) is 0 Å². The molecule has 0 spiro atoms. The molecule has 0 amide bonds. The summed E-state index contributed by atoms with van der Waals surface area (Å²) in [6.45, 7) is 7.66. The predicted octanol–water partition coefficient (Wildman–Crippen LogP) is 3.55. The summed E-state index contributed by atoms with van der Waals surface area (Å²) >= 11 is 0. The van der Waals surface area contributed by atoms with Crippen molar-refractivity contribution in [2.75, 3.05) is 19.6 Å². The second-order valence-electron chi connectivity index (χ2n) is 6.14. The number of nitrogens with one attached hydrogen (secondary N) is 1. The molecule has 2 heterocycles. The average Bonchev–Trinajstić information content (AvgIpc) is 2.97. The monoisotopic (exact) mass is 284 g/mol. The van der Waals surface area contributed by atoms with Crippen molar-refractivity contribution in [3.8, 4) is 0 Å². The molecule has 2 aromatic rings. The van der Waals surface area contributed by atoms with Crippen molar-refractivity contribution in [3.05, 3.63) is 60.1 Å². The summed E-state index contributed by atoms with van der Waals surface area (Å²) in [5, 5.41) is 3.73. The van der Waals surface area contributed by atoms with E-state index >= 15 is 0 Å². The van der Waals surface area contributed by atoms with Gasteiger partial charge >= 0.3 is 0 Å². The summed E-state index contributed by atoms with van der Waals surface area (Å²) in [7, 11) is 0. The SMILES string of the molecule is CC(c1ccco1)N1CCCNC(C)(c2ccccc2)C1. The van der Waals surface area contributed by atoms with Gasteiger partial charge in [-0.05, 0) is 44.5 Å². The van der Waals surface area contributed by atoms with Gasteiger partial charge in [-0.25, -0.2) is 0 Å². The number of hydrogen-bond acceptors (Lipinski definition) is 3. The summed E-state index contributed by atoms with van der Waals surface area (Å²) in [5.74, 6) is 1.05. The molecule has 112 valence electrons. The van der Waals surface area contributed by atoms with Gasteiger partial charge in [-0.2, -0.15) is 0 Å². The molecule has 1 saturated heterocycles. The molecule has 1 N–H and O–H groups in total. The summed E-state index contributed by atoms with van der Waals surface area (Å²) in [6, 6.07) is 15.1. The summed E-state index contributed by atoms with van der Waals surface area (Å²) < 4.78 is 5.60. The first-order valence-corrected chi connectivity index (χ1v) is 7.77. The molecule has 21 heavy (non-hydrogen) atoms. The molecular formula is C18H24N2O. The number of benzene rings is 1. The highest BCUT2D eigenvalue weighted by molar-refractivity contribution is 5.24. The Balaban J connectivity index is 1.84. The van der Waals surface area contributed by atoms with E-state index in [1.165, 1.54) is 5.56 Å². The largest absolute Gasteiger partial charge is 0.468 e. The van der Waals surface area contributed by atoms with E-state index < -0.39 is 0 Å². The van der Waals surface area contributed by atoms with E-state index in [0.29, 0.717) is 6.04 Å². The number of nitrogens with zero attached hydrogens (tertiary/aromatic N) is 1. The fourth-order valence-corrected chi connectivity index (χ4v) is 3.23. The Labute approximate surface area is 127 Å². The highest BCUT2D eigenvalue weighted by Gasteiger charge is 2.33. The molecule has 3 rings (SSSR count). The Morgan fingerprint density at radius 2 is 2.00 bits per heavy atom. The lowest BCUT2D eigenvalue weighted by Crippen LogP contribution is -2.46. The average molecular weight is 284 g/mol. The van der Waals surface area contributed by atoms with Crippen molar-refractivity contribution in [3.63, 3.8) is 0 Å². The smallest absolute Gasteiger partial charge is 0.120 e. The molecule has 0 radical (unpaired) electrons. The first-order chi connectivity index (χ1) is 10.2. The van der Waals surface area contributed by atoms with Crippen LogP contribution < -0.4 is 5.32 Å². The van der Waals surface area contributed by atoms with Gasteiger partial charge in [0, 0.05) is 13.1 Å². The normalized spacial score (nSPS) is 25.4. The summed E-state index contributed by atoms with van der Waals surface area (Å²) in [6.07, 6.45) is 2.92. The quantitative estimate of drug-likeness (QED) is 0.934. The fraction of sp³-hybridized carbons (Fsp3) is 0.444. The molecule has 3 nitrogen and oxygen atoms in total. The minimum Gasteiger partial charge on any atom is -0.468 e. The van der Waals surface area contributed by atoms with E-state index in [1.54, 1.807) is 6.26 Å². The Morgan fingerprint density at radius 1 is 1.19 bits per heavy atom. The molecule has 0 bridgehead atoms. The van der Waals surface area contributed by atoms with Crippen LogP contribution in [0, 0.1) is 0 Å². The van der Waals surface area contributed by atoms with Gasteiger partial charge in [0.1, 0.15) is 5.76 Å². The van der Waals surface area contributed by atoms with Crippen LogP contribution in [0.2, 0.25) is 0 Å². The first kappa shape index (κ1) is 14.4. The molecule has 1 fully saturated rings. The van der Waals surface area contributed by atoms with Crippen molar-refractivity contribution in [1.82, 2.24) is 10.2 Å². The van der Waals surface area contributed by atoms with Crippen LogP contribution in [-0.2, 0) is 5.54 Å². The fourth-order valence-electron chi connectivity index (χ4n) is 3.23. The van der Waals surface area contributed by atoms with Gasteiger partial charge in [0.05, 0.1) is 17.8 Å². The molecule has 0 aliphatic carbocycles. The van der Waals surface area contributed by atoms with Crippen molar-refractivity contribution < 1.29 is 4.42 Å². The van der Waals surface area contributed by atoms with Gasteiger partial charge in [-0.3, -0.25) is 4.90 Å². The lowest BCUT2D eigenvalue weighted by atomic mass is 9.91. The topological polar surface area (TPSA) is 28.4 Å². The van der Waals surface area contributed by atoms with Crippen LogP contribution in [0.15, 0.2) is 53.1 Å². The molecule has 2 atom stereocenters. The Morgan fingerprint density at radius 3 is 2.71 bits per heavy atom. The van der Waals surface area contributed by atoms with Crippen LogP contribution in [0.3, 0.4) is 0 Å². The first-order valence-electron chi connectivity index (χ1n) is 7.77. The maximum Gasteiger partial charge on any atom is 0.120 e. The van der Waals surface area contributed by atoms with E-state index in [2.05, 4.69) is 60.5 Å². The third-order valence-electron chi connectivity index (χ3n) is 4.57. The van der Waals surface area contributed by atoms with E-state index in [0.717, 1.165) is 31.8 Å². The van der Waals surface area contributed by atoms with Gasteiger partial charge in [-0.15, -0.1) is 0 Å². The second-order valence-corrected chi connectivity index (χ2v) is 6.14. The van der Waals surface area contributed by atoms with E-state index in [-0.39, 0.29) is 5.54 Å². The third kappa shape index (κ3) is 3.04. The van der Waals surface area contributed by atoms with Crippen LogP contribution in [-0.4, -0.2) is 24.5 Å². The maximum atomic E-state index is 5.60. The van der Waals surface area contributed by atoms with Gasteiger partial charge in [-0.1, -0.05) is 30.3 Å². The molecule has 1 aliphatic heterocycles. The van der Waals surface area contributed by atoms with Crippen molar-refractivity contribution >= 4 is 0 Å². The lowest BCUT2D eigenvalue weighted by Gasteiger charge is -2.36. The number of hydrogen-bond donors (Lipinski definition) is 1. The highest BCUT2D eigenvalue weighted by Crippen LogP contribution is 2.29. The Bertz CT molecular complexity index is 552. The van der Waals surface area contributed by atoms with Crippen LogP contribution in [0.1, 0.15) is 37.6 Å². The minimum atomic E-state index is -0.0153. The van der Waals surface area contributed by atoms with E-state index in [1.807, 2.05) is 6.07 Å².